The molecule has 2 fully saturated rings. The Morgan fingerprint density at radius 1 is 1.15 bits per heavy atom. The van der Waals surface area contributed by atoms with Gasteiger partial charge in [0.2, 0.25) is 0 Å². The first kappa shape index (κ1) is 14.1. The Hall–Kier alpha value is -0.830. The zero-order valence-corrected chi connectivity index (χ0v) is 13.7. The fraction of sp³-hybridized carbons (Fsp3) is 0.588. The zero-order valence-electron chi connectivity index (χ0n) is 12.1. The third-order valence-corrected chi connectivity index (χ3v) is 5.25. The summed E-state index contributed by atoms with van der Waals surface area (Å²) >= 11 is 3.50. The Bertz CT molecular complexity index is 491. The molecule has 1 aliphatic heterocycles. The zero-order chi connectivity index (χ0) is 14.1. The molecule has 0 spiro atoms. The molecule has 3 rings (SSSR count). The fourth-order valence-electron chi connectivity index (χ4n) is 3.90. The SMILES string of the molecule is Cc1cc(Br)cc(C(=O)N2CCCC3CCCCC32)c1. The van der Waals surface area contributed by atoms with Crippen LogP contribution in [-0.2, 0) is 0 Å². The highest BCUT2D eigenvalue weighted by molar-refractivity contribution is 9.10. The van der Waals surface area contributed by atoms with E-state index in [1.54, 1.807) is 0 Å². The van der Waals surface area contributed by atoms with E-state index in [4.69, 9.17) is 0 Å². The Labute approximate surface area is 129 Å². The van der Waals surface area contributed by atoms with Gasteiger partial charge in [-0.1, -0.05) is 28.8 Å². The van der Waals surface area contributed by atoms with Crippen LogP contribution in [-0.4, -0.2) is 23.4 Å². The fourth-order valence-corrected chi connectivity index (χ4v) is 4.51. The minimum atomic E-state index is 0.228. The number of amides is 1. The highest BCUT2D eigenvalue weighted by Crippen LogP contribution is 2.36. The summed E-state index contributed by atoms with van der Waals surface area (Å²) in [6.45, 7) is 2.98. The van der Waals surface area contributed by atoms with Gasteiger partial charge in [0.15, 0.2) is 0 Å². The normalized spacial score (nSPS) is 26.2. The maximum Gasteiger partial charge on any atom is 0.254 e. The van der Waals surface area contributed by atoms with Crippen LogP contribution in [0.2, 0.25) is 0 Å². The molecule has 2 atom stereocenters. The molecule has 2 nitrogen and oxygen atoms in total. The molecule has 1 aliphatic carbocycles. The van der Waals surface area contributed by atoms with Crippen LogP contribution in [0.3, 0.4) is 0 Å². The first-order valence-electron chi connectivity index (χ1n) is 7.73. The number of nitrogens with zero attached hydrogens (tertiary/aromatic N) is 1. The molecule has 1 heterocycles. The second-order valence-electron chi connectivity index (χ2n) is 6.27. The number of hydrogen-bond acceptors (Lipinski definition) is 1. The molecule has 2 aliphatic rings. The summed E-state index contributed by atoms with van der Waals surface area (Å²) in [5, 5.41) is 0. The average Bonchev–Trinajstić information content (AvgIpc) is 2.45. The van der Waals surface area contributed by atoms with Crippen molar-refractivity contribution in [2.45, 2.75) is 51.5 Å². The van der Waals surface area contributed by atoms with Crippen molar-refractivity contribution in [2.24, 2.45) is 5.92 Å². The van der Waals surface area contributed by atoms with Gasteiger partial charge >= 0.3 is 0 Å². The van der Waals surface area contributed by atoms with Crippen LogP contribution in [0.1, 0.15) is 54.4 Å². The van der Waals surface area contributed by atoms with Crippen LogP contribution in [0.15, 0.2) is 22.7 Å². The van der Waals surface area contributed by atoms with Crippen LogP contribution in [0.5, 0.6) is 0 Å². The van der Waals surface area contributed by atoms with E-state index in [0.717, 1.165) is 28.1 Å². The van der Waals surface area contributed by atoms with E-state index in [1.165, 1.54) is 38.5 Å². The summed E-state index contributed by atoms with van der Waals surface area (Å²) in [4.78, 5) is 15.0. The maximum atomic E-state index is 12.9. The van der Waals surface area contributed by atoms with Gasteiger partial charge in [-0.05, 0) is 62.3 Å². The van der Waals surface area contributed by atoms with Gasteiger partial charge in [0.05, 0.1) is 0 Å². The largest absolute Gasteiger partial charge is 0.335 e. The number of hydrogen-bond donors (Lipinski definition) is 0. The smallest absolute Gasteiger partial charge is 0.254 e. The molecule has 0 N–H and O–H groups in total. The second kappa shape index (κ2) is 5.88. The topological polar surface area (TPSA) is 20.3 Å². The Morgan fingerprint density at radius 3 is 2.70 bits per heavy atom. The standard InChI is InChI=1S/C17H22BrNO/c1-12-9-14(11-15(18)10-12)17(20)19-8-4-6-13-5-2-3-7-16(13)19/h9-11,13,16H,2-8H2,1H3. The molecule has 1 amide bonds. The summed E-state index contributed by atoms with van der Waals surface area (Å²) < 4.78 is 0.998. The van der Waals surface area contributed by atoms with E-state index in [-0.39, 0.29) is 5.91 Å². The molecule has 2 unspecified atom stereocenters. The van der Waals surface area contributed by atoms with Gasteiger partial charge in [-0.2, -0.15) is 0 Å². The van der Waals surface area contributed by atoms with E-state index < -0.39 is 0 Å². The van der Waals surface area contributed by atoms with E-state index in [0.29, 0.717) is 6.04 Å². The van der Waals surface area contributed by atoms with Crippen molar-refractivity contribution in [3.63, 3.8) is 0 Å². The molecule has 1 saturated heterocycles. The monoisotopic (exact) mass is 335 g/mol. The Morgan fingerprint density at radius 2 is 1.90 bits per heavy atom. The predicted octanol–water partition coefficient (Wildman–Crippen LogP) is 4.55. The van der Waals surface area contributed by atoms with E-state index in [9.17, 15) is 4.79 Å². The Balaban J connectivity index is 1.84. The molecule has 1 aromatic rings. The van der Waals surface area contributed by atoms with Crippen molar-refractivity contribution in [1.29, 1.82) is 0 Å². The minimum Gasteiger partial charge on any atom is -0.335 e. The molecular weight excluding hydrogens is 314 g/mol. The van der Waals surface area contributed by atoms with Crippen LogP contribution in [0.25, 0.3) is 0 Å². The number of fused-ring (bicyclic) bond motifs is 1. The second-order valence-corrected chi connectivity index (χ2v) is 7.19. The van der Waals surface area contributed by atoms with Gasteiger partial charge in [-0.15, -0.1) is 0 Å². The van der Waals surface area contributed by atoms with Crippen molar-refractivity contribution in [3.05, 3.63) is 33.8 Å². The van der Waals surface area contributed by atoms with Gasteiger partial charge < -0.3 is 4.90 Å². The number of halogens is 1. The van der Waals surface area contributed by atoms with Gasteiger partial charge in [0.25, 0.3) is 5.91 Å². The quantitative estimate of drug-likeness (QED) is 0.737. The van der Waals surface area contributed by atoms with Gasteiger partial charge in [-0.3, -0.25) is 4.79 Å². The lowest BCUT2D eigenvalue weighted by molar-refractivity contribution is 0.0390. The van der Waals surface area contributed by atoms with Crippen molar-refractivity contribution in [2.75, 3.05) is 6.54 Å². The number of aryl methyl sites for hydroxylation is 1. The van der Waals surface area contributed by atoms with Crippen molar-refractivity contribution in [3.8, 4) is 0 Å². The first-order valence-corrected chi connectivity index (χ1v) is 8.52. The van der Waals surface area contributed by atoms with E-state index in [1.807, 2.05) is 19.1 Å². The molecule has 0 bridgehead atoms. The number of carbonyl (C=O) groups excluding carboxylic acids is 1. The summed E-state index contributed by atoms with van der Waals surface area (Å²) in [5.74, 6) is 0.973. The van der Waals surface area contributed by atoms with Gasteiger partial charge in [0.1, 0.15) is 0 Å². The highest BCUT2D eigenvalue weighted by Gasteiger charge is 2.35. The summed E-state index contributed by atoms with van der Waals surface area (Å²) in [6.07, 6.45) is 7.61. The lowest BCUT2D eigenvalue weighted by atomic mass is 9.78. The molecule has 0 aromatic heterocycles. The third-order valence-electron chi connectivity index (χ3n) is 4.79. The molecular formula is C17H22BrNO. The van der Waals surface area contributed by atoms with Crippen LogP contribution < -0.4 is 0 Å². The summed E-state index contributed by atoms with van der Waals surface area (Å²) in [7, 11) is 0. The number of piperidine rings is 1. The molecule has 108 valence electrons. The predicted molar refractivity (Wildman–Crippen MR) is 84.9 cm³/mol. The van der Waals surface area contributed by atoms with Crippen molar-refractivity contribution in [1.82, 2.24) is 4.90 Å². The van der Waals surface area contributed by atoms with Crippen LogP contribution in [0.4, 0.5) is 0 Å². The van der Waals surface area contributed by atoms with Crippen LogP contribution in [0, 0.1) is 12.8 Å². The lowest BCUT2D eigenvalue weighted by Crippen LogP contribution is -2.49. The molecule has 1 aromatic carbocycles. The third kappa shape index (κ3) is 2.78. The van der Waals surface area contributed by atoms with Crippen molar-refractivity contribution < 1.29 is 4.79 Å². The maximum absolute atomic E-state index is 12.9. The number of carbonyl (C=O) groups is 1. The molecule has 20 heavy (non-hydrogen) atoms. The molecule has 3 heteroatoms. The van der Waals surface area contributed by atoms with E-state index in [2.05, 4.69) is 26.9 Å². The number of rotatable bonds is 1. The van der Waals surface area contributed by atoms with Gasteiger partial charge in [-0.25, -0.2) is 0 Å². The van der Waals surface area contributed by atoms with Crippen LogP contribution >= 0.6 is 15.9 Å². The minimum absolute atomic E-state index is 0.228. The van der Waals surface area contributed by atoms with E-state index >= 15 is 0 Å². The highest BCUT2D eigenvalue weighted by atomic mass is 79.9. The van der Waals surface area contributed by atoms with Gasteiger partial charge in [0, 0.05) is 22.6 Å². The molecule has 1 saturated carbocycles. The summed E-state index contributed by atoms with van der Waals surface area (Å²) in [5.41, 5.74) is 1.98. The first-order chi connectivity index (χ1) is 9.65. The molecule has 0 radical (unpaired) electrons. The Kier molecular flexibility index (Phi) is 4.16. The average molecular weight is 336 g/mol. The number of likely N-dealkylation sites (tertiary alicyclic amines) is 1. The summed E-state index contributed by atoms with van der Waals surface area (Å²) in [6, 6.07) is 6.52. The lowest BCUT2D eigenvalue weighted by Gasteiger charge is -2.44. The number of benzene rings is 1. The van der Waals surface area contributed by atoms with Crippen molar-refractivity contribution >= 4 is 21.8 Å².